The van der Waals surface area contributed by atoms with E-state index in [2.05, 4.69) is 25.7 Å². The summed E-state index contributed by atoms with van der Waals surface area (Å²) in [4.78, 5) is 8.12. The molecule has 0 atom stereocenters. The van der Waals surface area contributed by atoms with Gasteiger partial charge in [-0.15, -0.1) is 24.0 Å². The molecule has 2 rings (SSSR count). The van der Waals surface area contributed by atoms with Crippen LogP contribution in [0.5, 0.6) is 5.75 Å². The lowest BCUT2D eigenvalue weighted by atomic mass is 10.2. The molecule has 144 valence electrons. The highest BCUT2D eigenvalue weighted by Gasteiger charge is 2.30. The van der Waals surface area contributed by atoms with Gasteiger partial charge in [0.2, 0.25) is 0 Å². The molecule has 2 aromatic rings. The van der Waals surface area contributed by atoms with Crippen molar-refractivity contribution in [2.45, 2.75) is 12.7 Å². The van der Waals surface area contributed by atoms with Crippen molar-refractivity contribution in [3.8, 4) is 5.75 Å². The van der Waals surface area contributed by atoms with Gasteiger partial charge in [0, 0.05) is 14.1 Å². The number of guanidine groups is 1. The SMILES string of the molecule is CN=C(NCCOc1cccc(C(F)(F)F)c1)NCc1ncnn1C.I. The van der Waals surface area contributed by atoms with Gasteiger partial charge in [0.05, 0.1) is 18.7 Å². The average molecular weight is 484 g/mol. The van der Waals surface area contributed by atoms with Crippen LogP contribution in [-0.4, -0.2) is 40.9 Å². The van der Waals surface area contributed by atoms with E-state index in [9.17, 15) is 13.2 Å². The largest absolute Gasteiger partial charge is 0.492 e. The molecule has 2 N–H and O–H groups in total. The number of hydrogen-bond acceptors (Lipinski definition) is 4. The molecule has 1 aromatic heterocycles. The Balaban J connectivity index is 0.00000338. The molecular weight excluding hydrogens is 464 g/mol. The Bertz CT molecular complexity index is 719. The molecule has 0 aliphatic heterocycles. The summed E-state index contributed by atoms with van der Waals surface area (Å²) in [6.45, 7) is 0.991. The van der Waals surface area contributed by atoms with Gasteiger partial charge in [-0.2, -0.15) is 18.3 Å². The van der Waals surface area contributed by atoms with Gasteiger partial charge in [0.1, 0.15) is 24.5 Å². The fourth-order valence-corrected chi connectivity index (χ4v) is 1.96. The van der Waals surface area contributed by atoms with Crippen molar-refractivity contribution in [3.63, 3.8) is 0 Å². The van der Waals surface area contributed by atoms with E-state index in [4.69, 9.17) is 4.74 Å². The number of nitrogens with zero attached hydrogens (tertiary/aromatic N) is 4. The first-order valence-electron chi connectivity index (χ1n) is 7.47. The number of rotatable bonds is 6. The summed E-state index contributed by atoms with van der Waals surface area (Å²) in [6.07, 6.45) is -2.93. The number of alkyl halides is 3. The molecule has 0 unspecified atom stereocenters. The molecule has 0 radical (unpaired) electrons. The maximum absolute atomic E-state index is 12.6. The summed E-state index contributed by atoms with van der Waals surface area (Å²) in [6, 6.07) is 4.77. The van der Waals surface area contributed by atoms with E-state index < -0.39 is 11.7 Å². The summed E-state index contributed by atoms with van der Waals surface area (Å²) in [5.41, 5.74) is -0.737. The Hall–Kier alpha value is -2.05. The van der Waals surface area contributed by atoms with Crippen LogP contribution in [0.3, 0.4) is 0 Å². The summed E-state index contributed by atoms with van der Waals surface area (Å²) in [7, 11) is 3.39. The van der Waals surface area contributed by atoms with Crippen LogP contribution in [0.2, 0.25) is 0 Å². The molecular formula is C15H20F3IN6O. The molecule has 0 aliphatic rings. The molecule has 0 amide bonds. The second kappa shape index (κ2) is 10.2. The molecule has 0 spiro atoms. The highest BCUT2D eigenvalue weighted by Crippen LogP contribution is 2.31. The first-order chi connectivity index (χ1) is 11.9. The average Bonchev–Trinajstić information content (AvgIpc) is 2.99. The lowest BCUT2D eigenvalue weighted by molar-refractivity contribution is -0.137. The van der Waals surface area contributed by atoms with E-state index in [1.54, 1.807) is 18.8 Å². The first-order valence-corrected chi connectivity index (χ1v) is 7.47. The first kappa shape index (κ1) is 22.0. The third-order valence-electron chi connectivity index (χ3n) is 3.27. The number of hydrogen-bond donors (Lipinski definition) is 2. The predicted molar refractivity (Wildman–Crippen MR) is 102 cm³/mol. The van der Waals surface area contributed by atoms with E-state index in [1.165, 1.54) is 18.5 Å². The zero-order chi connectivity index (χ0) is 18.3. The topological polar surface area (TPSA) is 76.4 Å². The van der Waals surface area contributed by atoms with Crippen molar-refractivity contribution in [2.75, 3.05) is 20.2 Å². The summed E-state index contributed by atoms with van der Waals surface area (Å²) >= 11 is 0. The lowest BCUT2D eigenvalue weighted by Crippen LogP contribution is -2.39. The van der Waals surface area contributed by atoms with Crippen LogP contribution in [-0.2, 0) is 19.8 Å². The van der Waals surface area contributed by atoms with Crippen LogP contribution in [0.25, 0.3) is 0 Å². The van der Waals surface area contributed by atoms with Gasteiger partial charge in [-0.1, -0.05) is 6.07 Å². The number of halogens is 4. The number of aromatic nitrogens is 3. The van der Waals surface area contributed by atoms with E-state index in [0.717, 1.165) is 18.0 Å². The van der Waals surface area contributed by atoms with Gasteiger partial charge in [-0.05, 0) is 18.2 Å². The summed E-state index contributed by atoms with van der Waals surface area (Å²) in [5.74, 6) is 1.43. The molecule has 0 bridgehead atoms. The molecule has 0 saturated heterocycles. The molecule has 11 heteroatoms. The lowest BCUT2D eigenvalue weighted by Gasteiger charge is -2.13. The van der Waals surface area contributed by atoms with Crippen molar-refractivity contribution >= 4 is 29.9 Å². The Morgan fingerprint density at radius 3 is 2.69 bits per heavy atom. The zero-order valence-electron chi connectivity index (χ0n) is 14.2. The van der Waals surface area contributed by atoms with Crippen molar-refractivity contribution in [1.29, 1.82) is 0 Å². The fourth-order valence-electron chi connectivity index (χ4n) is 1.96. The Labute approximate surface area is 166 Å². The van der Waals surface area contributed by atoms with E-state index in [0.29, 0.717) is 19.0 Å². The third kappa shape index (κ3) is 6.69. The van der Waals surface area contributed by atoms with Crippen LogP contribution >= 0.6 is 24.0 Å². The number of benzene rings is 1. The summed E-state index contributed by atoms with van der Waals surface area (Å²) < 4.78 is 44.9. The minimum atomic E-state index is -4.39. The van der Waals surface area contributed by atoms with Crippen LogP contribution in [0.1, 0.15) is 11.4 Å². The molecule has 0 aliphatic carbocycles. The third-order valence-corrected chi connectivity index (χ3v) is 3.27. The summed E-state index contributed by atoms with van der Waals surface area (Å²) in [5, 5.41) is 10.0. The quantitative estimate of drug-likeness (QED) is 0.285. The molecule has 1 aromatic carbocycles. The second-order valence-corrected chi connectivity index (χ2v) is 5.03. The number of ether oxygens (including phenoxy) is 1. The Morgan fingerprint density at radius 1 is 1.31 bits per heavy atom. The molecule has 0 fully saturated rings. The van der Waals surface area contributed by atoms with Crippen LogP contribution in [0, 0.1) is 0 Å². The monoisotopic (exact) mass is 484 g/mol. The minimum Gasteiger partial charge on any atom is -0.492 e. The fraction of sp³-hybridized carbons (Fsp3) is 0.400. The van der Waals surface area contributed by atoms with Gasteiger partial charge in [0.25, 0.3) is 0 Å². The van der Waals surface area contributed by atoms with Crippen LogP contribution in [0.4, 0.5) is 13.2 Å². The second-order valence-electron chi connectivity index (χ2n) is 5.03. The predicted octanol–water partition coefficient (Wildman–Crippen LogP) is 2.20. The maximum Gasteiger partial charge on any atom is 0.416 e. The van der Waals surface area contributed by atoms with Crippen molar-refractivity contribution in [2.24, 2.45) is 12.0 Å². The van der Waals surface area contributed by atoms with Crippen molar-refractivity contribution < 1.29 is 17.9 Å². The molecule has 26 heavy (non-hydrogen) atoms. The van der Waals surface area contributed by atoms with E-state index in [-0.39, 0.29) is 36.3 Å². The van der Waals surface area contributed by atoms with Crippen LogP contribution in [0.15, 0.2) is 35.6 Å². The molecule has 0 saturated carbocycles. The highest BCUT2D eigenvalue weighted by molar-refractivity contribution is 14.0. The minimum absolute atomic E-state index is 0. The normalized spacial score (nSPS) is 11.7. The number of aryl methyl sites for hydroxylation is 1. The van der Waals surface area contributed by atoms with Gasteiger partial charge < -0.3 is 15.4 Å². The van der Waals surface area contributed by atoms with Gasteiger partial charge in [-0.3, -0.25) is 9.67 Å². The molecule has 1 heterocycles. The number of aliphatic imine (C=N–C) groups is 1. The standard InChI is InChI=1S/C15H19F3N6O.HI/c1-19-14(21-9-13-22-10-23-24(13)2)20-6-7-25-12-5-3-4-11(8-12)15(16,17)18;/h3-5,8,10H,6-7,9H2,1-2H3,(H2,19,20,21);1H. The van der Waals surface area contributed by atoms with Crippen LogP contribution < -0.4 is 15.4 Å². The van der Waals surface area contributed by atoms with E-state index in [1.807, 2.05) is 0 Å². The Kier molecular flexibility index (Phi) is 8.61. The Morgan fingerprint density at radius 2 is 2.08 bits per heavy atom. The van der Waals surface area contributed by atoms with E-state index >= 15 is 0 Å². The van der Waals surface area contributed by atoms with Gasteiger partial charge in [0.15, 0.2) is 5.96 Å². The zero-order valence-corrected chi connectivity index (χ0v) is 16.6. The van der Waals surface area contributed by atoms with Gasteiger partial charge in [-0.25, -0.2) is 4.98 Å². The highest BCUT2D eigenvalue weighted by atomic mass is 127. The van der Waals surface area contributed by atoms with Crippen molar-refractivity contribution in [1.82, 2.24) is 25.4 Å². The molecule has 7 nitrogen and oxygen atoms in total. The number of nitrogens with one attached hydrogen (secondary N) is 2. The van der Waals surface area contributed by atoms with Crippen molar-refractivity contribution in [3.05, 3.63) is 42.0 Å². The maximum atomic E-state index is 12.6. The smallest absolute Gasteiger partial charge is 0.416 e. The van der Waals surface area contributed by atoms with Gasteiger partial charge >= 0.3 is 6.18 Å².